The van der Waals surface area contributed by atoms with E-state index in [9.17, 15) is 18.0 Å². The number of halogens is 4. The zero-order valence-electron chi connectivity index (χ0n) is 15.7. The SMILES string of the molecule is CC(C)(C)OC(=O)N1CC(n2cnc3cc(OCCBr)cc(C(F)(F)F)c32)C1. The summed E-state index contributed by atoms with van der Waals surface area (Å²) in [4.78, 5) is 17.7. The van der Waals surface area contributed by atoms with Crippen LogP contribution in [-0.4, -0.2) is 51.2 Å². The fourth-order valence-corrected chi connectivity index (χ4v) is 3.15. The number of likely N-dealkylation sites (tertiary alicyclic amines) is 1. The molecule has 0 unspecified atom stereocenters. The third-order valence-corrected chi connectivity index (χ3v) is 4.53. The molecule has 1 saturated heterocycles. The van der Waals surface area contributed by atoms with Crippen LogP contribution in [0.2, 0.25) is 0 Å². The molecule has 1 aromatic carbocycles. The largest absolute Gasteiger partial charge is 0.493 e. The normalized spacial score (nSPS) is 15.6. The Bertz CT molecular complexity index is 871. The molecule has 1 aromatic heterocycles. The summed E-state index contributed by atoms with van der Waals surface area (Å²) >= 11 is 3.18. The lowest BCUT2D eigenvalue weighted by atomic mass is 10.1. The molecule has 0 radical (unpaired) electrons. The van der Waals surface area contributed by atoms with E-state index < -0.39 is 23.4 Å². The van der Waals surface area contributed by atoms with Gasteiger partial charge in [-0.25, -0.2) is 9.78 Å². The van der Waals surface area contributed by atoms with Gasteiger partial charge in [-0.15, -0.1) is 0 Å². The average molecular weight is 464 g/mol. The molecule has 3 rings (SSSR count). The number of hydrogen-bond donors (Lipinski definition) is 0. The summed E-state index contributed by atoms with van der Waals surface area (Å²) < 4.78 is 53.1. The van der Waals surface area contributed by atoms with E-state index in [1.807, 2.05) is 0 Å². The molecule has 1 aliphatic rings. The standard InChI is InChI=1S/C18H21BrF3N3O3/c1-17(2,3)28-16(26)24-8-11(9-24)25-10-23-14-7-12(27-5-4-19)6-13(15(14)25)18(20,21)22/h6-7,10-11H,4-5,8-9H2,1-3H3. The van der Waals surface area contributed by atoms with Crippen molar-refractivity contribution in [2.45, 2.75) is 38.6 Å². The Hall–Kier alpha value is -1.97. The predicted molar refractivity (Wildman–Crippen MR) is 101 cm³/mol. The second-order valence-electron chi connectivity index (χ2n) is 7.56. The summed E-state index contributed by atoms with van der Waals surface area (Å²) in [5, 5.41) is 0.503. The van der Waals surface area contributed by atoms with E-state index in [-0.39, 0.29) is 42.5 Å². The van der Waals surface area contributed by atoms with Crippen LogP contribution in [0.1, 0.15) is 32.4 Å². The van der Waals surface area contributed by atoms with Crippen LogP contribution in [-0.2, 0) is 10.9 Å². The first-order valence-corrected chi connectivity index (χ1v) is 9.86. The summed E-state index contributed by atoms with van der Waals surface area (Å²) in [5.41, 5.74) is -1.23. The third-order valence-electron chi connectivity index (χ3n) is 4.20. The van der Waals surface area contributed by atoms with Gasteiger partial charge in [0.1, 0.15) is 11.4 Å². The summed E-state index contributed by atoms with van der Waals surface area (Å²) in [6.45, 7) is 6.05. The van der Waals surface area contributed by atoms with E-state index in [2.05, 4.69) is 20.9 Å². The lowest BCUT2D eigenvalue weighted by Crippen LogP contribution is -2.52. The number of carbonyl (C=O) groups excluding carboxylic acids is 1. The van der Waals surface area contributed by atoms with Crippen molar-refractivity contribution in [3.63, 3.8) is 0 Å². The van der Waals surface area contributed by atoms with Crippen molar-refractivity contribution in [1.82, 2.24) is 14.5 Å². The number of alkyl halides is 4. The number of amides is 1. The number of aromatic nitrogens is 2. The van der Waals surface area contributed by atoms with E-state index in [4.69, 9.17) is 9.47 Å². The zero-order chi connectivity index (χ0) is 20.7. The Balaban J connectivity index is 1.87. The molecule has 10 heteroatoms. The van der Waals surface area contributed by atoms with Crippen LogP contribution in [0.25, 0.3) is 11.0 Å². The minimum absolute atomic E-state index is 0.00692. The molecular weight excluding hydrogens is 443 g/mol. The van der Waals surface area contributed by atoms with Gasteiger partial charge in [-0.1, -0.05) is 15.9 Å². The van der Waals surface area contributed by atoms with Crippen LogP contribution in [0.3, 0.4) is 0 Å². The summed E-state index contributed by atoms with van der Waals surface area (Å²) in [5.74, 6) is 0.119. The molecule has 0 N–H and O–H groups in total. The van der Waals surface area contributed by atoms with Gasteiger partial charge in [0.25, 0.3) is 0 Å². The van der Waals surface area contributed by atoms with Gasteiger partial charge in [0, 0.05) is 24.5 Å². The van der Waals surface area contributed by atoms with Crippen LogP contribution < -0.4 is 4.74 Å². The number of fused-ring (bicyclic) bond motifs is 1. The van der Waals surface area contributed by atoms with E-state index in [0.29, 0.717) is 5.33 Å². The molecule has 6 nitrogen and oxygen atoms in total. The van der Waals surface area contributed by atoms with Crippen molar-refractivity contribution in [1.29, 1.82) is 0 Å². The molecule has 0 saturated carbocycles. The Morgan fingerprint density at radius 3 is 2.54 bits per heavy atom. The Labute approximate surface area is 168 Å². The maximum Gasteiger partial charge on any atom is 0.418 e. The molecule has 0 aliphatic carbocycles. The molecule has 0 atom stereocenters. The maximum atomic E-state index is 13.7. The monoisotopic (exact) mass is 463 g/mol. The molecule has 1 aliphatic heterocycles. The van der Waals surface area contributed by atoms with Crippen molar-refractivity contribution in [3.8, 4) is 5.75 Å². The van der Waals surface area contributed by atoms with E-state index in [0.717, 1.165) is 6.07 Å². The number of benzene rings is 1. The van der Waals surface area contributed by atoms with Gasteiger partial charge < -0.3 is 18.9 Å². The highest BCUT2D eigenvalue weighted by molar-refractivity contribution is 9.09. The smallest absolute Gasteiger partial charge is 0.418 e. The topological polar surface area (TPSA) is 56.6 Å². The summed E-state index contributed by atoms with van der Waals surface area (Å²) in [7, 11) is 0. The van der Waals surface area contributed by atoms with Crippen molar-refractivity contribution in [3.05, 3.63) is 24.0 Å². The molecule has 2 aromatic rings. The lowest BCUT2D eigenvalue weighted by Gasteiger charge is -2.40. The highest BCUT2D eigenvalue weighted by Crippen LogP contribution is 2.39. The number of hydrogen-bond acceptors (Lipinski definition) is 4. The van der Waals surface area contributed by atoms with Crippen LogP contribution in [0.15, 0.2) is 18.5 Å². The number of nitrogens with zero attached hydrogens (tertiary/aromatic N) is 3. The highest BCUT2D eigenvalue weighted by Gasteiger charge is 2.39. The summed E-state index contributed by atoms with van der Waals surface area (Å²) in [6.07, 6.45) is -3.65. The molecular formula is C18H21BrF3N3O3. The molecule has 154 valence electrons. The Kier molecular flexibility index (Phi) is 5.53. The Morgan fingerprint density at radius 1 is 1.29 bits per heavy atom. The number of ether oxygens (including phenoxy) is 2. The average Bonchev–Trinajstić information content (AvgIpc) is 2.91. The second-order valence-corrected chi connectivity index (χ2v) is 8.36. The van der Waals surface area contributed by atoms with Crippen LogP contribution in [0, 0.1) is 0 Å². The number of imidazole rings is 1. The van der Waals surface area contributed by atoms with Gasteiger partial charge in [-0.3, -0.25) is 0 Å². The molecule has 1 fully saturated rings. The quantitative estimate of drug-likeness (QED) is 0.620. The van der Waals surface area contributed by atoms with Gasteiger partial charge in [0.15, 0.2) is 0 Å². The molecule has 2 heterocycles. The van der Waals surface area contributed by atoms with E-state index in [1.54, 1.807) is 20.8 Å². The number of rotatable bonds is 4. The van der Waals surface area contributed by atoms with Gasteiger partial charge in [0.2, 0.25) is 0 Å². The van der Waals surface area contributed by atoms with Crippen molar-refractivity contribution >= 4 is 33.1 Å². The fraction of sp³-hybridized carbons (Fsp3) is 0.556. The van der Waals surface area contributed by atoms with Gasteiger partial charge in [-0.2, -0.15) is 13.2 Å². The molecule has 28 heavy (non-hydrogen) atoms. The van der Waals surface area contributed by atoms with E-state index in [1.165, 1.54) is 21.9 Å². The minimum Gasteiger partial charge on any atom is -0.493 e. The van der Waals surface area contributed by atoms with Crippen molar-refractivity contribution < 1.29 is 27.4 Å². The number of carbonyl (C=O) groups is 1. The first-order chi connectivity index (χ1) is 13.0. The highest BCUT2D eigenvalue weighted by atomic mass is 79.9. The first-order valence-electron chi connectivity index (χ1n) is 8.74. The van der Waals surface area contributed by atoms with Gasteiger partial charge >= 0.3 is 12.3 Å². The van der Waals surface area contributed by atoms with Crippen molar-refractivity contribution in [2.75, 3.05) is 25.0 Å². The van der Waals surface area contributed by atoms with Gasteiger partial charge in [-0.05, 0) is 26.8 Å². The third kappa shape index (κ3) is 4.37. The van der Waals surface area contributed by atoms with Crippen LogP contribution in [0.4, 0.5) is 18.0 Å². The van der Waals surface area contributed by atoms with Crippen molar-refractivity contribution in [2.24, 2.45) is 0 Å². The molecule has 0 spiro atoms. The predicted octanol–water partition coefficient (Wildman–Crippen LogP) is 4.62. The molecule has 1 amide bonds. The maximum absolute atomic E-state index is 13.7. The van der Waals surface area contributed by atoms with E-state index >= 15 is 0 Å². The Morgan fingerprint density at radius 2 is 1.96 bits per heavy atom. The summed E-state index contributed by atoms with van der Waals surface area (Å²) in [6, 6.07) is 2.19. The first kappa shape index (κ1) is 20.8. The minimum atomic E-state index is -4.56. The van der Waals surface area contributed by atoms with Crippen LogP contribution >= 0.6 is 15.9 Å². The van der Waals surface area contributed by atoms with Crippen LogP contribution in [0.5, 0.6) is 5.75 Å². The second kappa shape index (κ2) is 7.46. The fourth-order valence-electron chi connectivity index (χ4n) is 2.98. The van der Waals surface area contributed by atoms with Gasteiger partial charge in [0.05, 0.1) is 35.6 Å². The lowest BCUT2D eigenvalue weighted by molar-refractivity contribution is -0.136. The molecule has 0 bridgehead atoms. The zero-order valence-corrected chi connectivity index (χ0v) is 17.3.